The zero-order valence-electron chi connectivity index (χ0n) is 3.47. The van der Waals surface area contributed by atoms with Gasteiger partial charge in [0.05, 0.1) is 0 Å². The second-order valence-corrected chi connectivity index (χ2v) is 1.38. The molecule has 1 atom stereocenters. The largest absolute Gasteiger partial charge is 0.351 e. The summed E-state index contributed by atoms with van der Waals surface area (Å²) in [6.45, 7) is 0. The van der Waals surface area contributed by atoms with Crippen LogP contribution in [0.5, 0.6) is 0 Å². The fourth-order valence-electron chi connectivity index (χ4n) is 0.121. The Labute approximate surface area is 42.6 Å². The van der Waals surface area contributed by atoms with E-state index in [0.29, 0.717) is 0 Å². The molecule has 0 aliphatic rings. The average molecular weight is 120 g/mol. The van der Waals surface area contributed by atoms with Crippen molar-refractivity contribution < 1.29 is 9.59 Å². The van der Waals surface area contributed by atoms with Gasteiger partial charge in [0, 0.05) is 0 Å². The average Bonchev–Trinajstić information content (AvgIpc) is 1.27. The van der Waals surface area contributed by atoms with Crippen molar-refractivity contribution in [3.05, 3.63) is 0 Å². The van der Waals surface area contributed by atoms with Crippen LogP contribution in [0.25, 0.3) is 0 Å². The van der Waals surface area contributed by atoms with Crippen LogP contribution >= 0.6 is 9.24 Å². The maximum Gasteiger partial charge on any atom is 0.319 e. The van der Waals surface area contributed by atoms with E-state index in [1.165, 1.54) is 0 Å². The topological polar surface area (TPSA) is 72.2 Å². The lowest BCUT2D eigenvalue weighted by atomic mass is 11.0. The highest BCUT2D eigenvalue weighted by Crippen LogP contribution is 1.78. The van der Waals surface area contributed by atoms with E-state index in [1.54, 1.807) is 14.6 Å². The molecule has 4 nitrogen and oxygen atoms in total. The number of rotatable bonds is 0. The number of carbonyl (C=O) groups is 2. The van der Waals surface area contributed by atoms with Gasteiger partial charge in [0.25, 0.3) is 0 Å². The van der Waals surface area contributed by atoms with Gasteiger partial charge in [-0.2, -0.15) is 0 Å². The van der Waals surface area contributed by atoms with Crippen LogP contribution in [0.1, 0.15) is 0 Å². The Morgan fingerprint density at radius 2 is 2.00 bits per heavy atom. The van der Waals surface area contributed by atoms with Crippen LogP contribution < -0.4 is 11.1 Å². The van der Waals surface area contributed by atoms with Crippen molar-refractivity contribution in [2.24, 2.45) is 5.73 Å². The molecule has 0 bridgehead atoms. The molecule has 40 valence electrons. The van der Waals surface area contributed by atoms with Crippen molar-refractivity contribution in [2.75, 3.05) is 0 Å². The Morgan fingerprint density at radius 3 is 2.00 bits per heavy atom. The lowest BCUT2D eigenvalue weighted by Gasteiger charge is -1.88. The van der Waals surface area contributed by atoms with E-state index in [0.717, 1.165) is 0 Å². The maximum atomic E-state index is 9.81. The molecule has 5 heteroatoms. The van der Waals surface area contributed by atoms with Crippen LogP contribution in [0.2, 0.25) is 0 Å². The van der Waals surface area contributed by atoms with Gasteiger partial charge in [0.1, 0.15) is 0 Å². The SMILES string of the molecule is NC(=O)NC(=O)P. The van der Waals surface area contributed by atoms with Gasteiger partial charge in [-0.05, 0) is 9.24 Å². The summed E-state index contributed by atoms with van der Waals surface area (Å²) in [5.41, 5.74) is 3.99. The van der Waals surface area contributed by atoms with Gasteiger partial charge < -0.3 is 5.73 Å². The van der Waals surface area contributed by atoms with Gasteiger partial charge in [-0.25, -0.2) is 4.79 Å². The minimum Gasteiger partial charge on any atom is -0.351 e. The van der Waals surface area contributed by atoms with E-state index in [4.69, 9.17) is 0 Å². The second kappa shape index (κ2) is 2.53. The van der Waals surface area contributed by atoms with Crippen molar-refractivity contribution in [3.63, 3.8) is 0 Å². The van der Waals surface area contributed by atoms with Gasteiger partial charge >= 0.3 is 6.03 Å². The minimum absolute atomic E-state index is 0.521. The van der Waals surface area contributed by atoms with Crippen molar-refractivity contribution in [2.45, 2.75) is 0 Å². The van der Waals surface area contributed by atoms with E-state index in [2.05, 4.69) is 5.73 Å². The van der Waals surface area contributed by atoms with E-state index in [9.17, 15) is 9.59 Å². The summed E-state index contributed by atoms with van der Waals surface area (Å²) >= 11 is 0. The van der Waals surface area contributed by atoms with Gasteiger partial charge in [-0.3, -0.25) is 10.1 Å². The van der Waals surface area contributed by atoms with E-state index < -0.39 is 11.7 Å². The molecule has 0 saturated heterocycles. The third kappa shape index (κ3) is 5.37. The normalized spacial score (nSPS) is 7.57. The molecule has 3 N–H and O–H groups in total. The van der Waals surface area contributed by atoms with Gasteiger partial charge in [0.2, 0.25) is 5.65 Å². The molecule has 1 unspecified atom stereocenters. The Hall–Kier alpha value is -0.630. The summed E-state index contributed by atoms with van der Waals surface area (Å²) < 4.78 is 0. The Balaban J connectivity index is 3.32. The number of urea groups is 1. The Bertz CT molecular complexity index is 89.9. The predicted octanol–water partition coefficient (Wildman–Crippen LogP) is -0.350. The first kappa shape index (κ1) is 6.37. The molecular formula is C2H5N2O2P. The molecule has 7 heavy (non-hydrogen) atoms. The lowest BCUT2D eigenvalue weighted by Crippen LogP contribution is -2.30. The van der Waals surface area contributed by atoms with Crippen LogP contribution in [0.4, 0.5) is 9.59 Å². The number of nitrogens with two attached hydrogens (primary N) is 1. The van der Waals surface area contributed by atoms with Crippen molar-refractivity contribution in [3.8, 4) is 0 Å². The van der Waals surface area contributed by atoms with Gasteiger partial charge in [-0.15, -0.1) is 0 Å². The molecule has 0 fully saturated rings. The minimum atomic E-state index is -0.833. The fraction of sp³-hybridized carbons (Fsp3) is 0. The Morgan fingerprint density at radius 1 is 1.57 bits per heavy atom. The summed E-state index contributed by atoms with van der Waals surface area (Å²) in [5.74, 6) is 0. The standard InChI is InChI=1S/C2H5N2O2P/c3-1(5)4-2(6)7/h7H2,(H3,3,4,5,6). The molecule has 0 aliphatic carbocycles. The molecule has 0 aliphatic heterocycles. The van der Waals surface area contributed by atoms with Crippen LogP contribution in [-0.2, 0) is 0 Å². The number of carbonyl (C=O) groups excluding carboxylic acids is 2. The molecule has 0 spiro atoms. The van der Waals surface area contributed by atoms with Crippen LogP contribution in [-0.4, -0.2) is 11.7 Å². The number of amides is 3. The number of hydrogen-bond donors (Lipinski definition) is 2. The first-order valence-electron chi connectivity index (χ1n) is 1.49. The quantitative estimate of drug-likeness (QED) is 0.429. The molecule has 0 aromatic rings. The highest BCUT2D eigenvalue weighted by atomic mass is 31.0. The fourth-order valence-corrected chi connectivity index (χ4v) is 0.264. The third-order valence-electron chi connectivity index (χ3n) is 0.246. The molecular weight excluding hydrogens is 115 g/mol. The zero-order valence-corrected chi connectivity index (χ0v) is 4.63. The monoisotopic (exact) mass is 120 g/mol. The molecule has 0 radical (unpaired) electrons. The summed E-state index contributed by atoms with van der Waals surface area (Å²) in [6.07, 6.45) is 0. The molecule has 0 rings (SSSR count). The zero-order chi connectivity index (χ0) is 5.86. The second-order valence-electron chi connectivity index (χ2n) is 0.854. The third-order valence-corrected chi connectivity index (χ3v) is 0.391. The number of primary amides is 1. The lowest BCUT2D eigenvalue weighted by molar-refractivity contribution is 0.242. The van der Waals surface area contributed by atoms with Crippen LogP contribution in [0, 0.1) is 0 Å². The first-order valence-corrected chi connectivity index (χ1v) is 2.06. The van der Waals surface area contributed by atoms with Crippen LogP contribution in [0.15, 0.2) is 0 Å². The smallest absolute Gasteiger partial charge is 0.319 e. The molecule has 0 saturated carbocycles. The van der Waals surface area contributed by atoms with E-state index in [1.807, 2.05) is 0 Å². The molecule has 0 aromatic heterocycles. The number of nitrogens with one attached hydrogen (secondary N) is 1. The first-order chi connectivity index (χ1) is 3.13. The van der Waals surface area contributed by atoms with Crippen molar-refractivity contribution >= 4 is 20.9 Å². The summed E-state index contributed by atoms with van der Waals surface area (Å²) in [5, 5.41) is 1.77. The molecule has 3 amide bonds. The highest BCUT2D eigenvalue weighted by molar-refractivity contribution is 7.40. The highest BCUT2D eigenvalue weighted by Gasteiger charge is 1.91. The van der Waals surface area contributed by atoms with E-state index >= 15 is 0 Å². The van der Waals surface area contributed by atoms with Crippen molar-refractivity contribution in [1.82, 2.24) is 5.32 Å². The number of hydrogen-bond acceptors (Lipinski definition) is 2. The van der Waals surface area contributed by atoms with Crippen molar-refractivity contribution in [1.29, 1.82) is 0 Å². The predicted molar refractivity (Wildman–Crippen MR) is 27.8 cm³/mol. The van der Waals surface area contributed by atoms with Crippen LogP contribution in [0.3, 0.4) is 0 Å². The summed E-state index contributed by atoms with van der Waals surface area (Å²) in [7, 11) is 1.75. The number of imide groups is 1. The molecule has 0 aromatic carbocycles. The van der Waals surface area contributed by atoms with E-state index in [-0.39, 0.29) is 0 Å². The Kier molecular flexibility index (Phi) is 2.30. The van der Waals surface area contributed by atoms with Gasteiger partial charge in [-0.1, -0.05) is 0 Å². The maximum absolute atomic E-state index is 9.81. The summed E-state index contributed by atoms with van der Waals surface area (Å²) in [4.78, 5) is 19.5. The molecule has 0 heterocycles. The van der Waals surface area contributed by atoms with Gasteiger partial charge in [0.15, 0.2) is 0 Å². The summed E-state index contributed by atoms with van der Waals surface area (Å²) in [6, 6.07) is -0.833.